The van der Waals surface area contributed by atoms with Crippen LogP contribution in [0.3, 0.4) is 0 Å². The van der Waals surface area contributed by atoms with E-state index in [0.29, 0.717) is 11.1 Å². The molecule has 1 aliphatic carbocycles. The summed E-state index contributed by atoms with van der Waals surface area (Å²) in [6.45, 7) is 3.47. The zero-order valence-corrected chi connectivity index (χ0v) is 29.9. The van der Waals surface area contributed by atoms with Gasteiger partial charge >= 0.3 is 29.6 Å². The number of anilines is 3. The van der Waals surface area contributed by atoms with Crippen molar-refractivity contribution in [3.8, 4) is 5.75 Å². The maximum absolute atomic E-state index is 12.7. The molecular weight excluding hydrogens is 625 g/mol. The van der Waals surface area contributed by atoms with E-state index in [9.17, 15) is 25.9 Å². The van der Waals surface area contributed by atoms with Crippen molar-refractivity contribution in [2.24, 2.45) is 0 Å². The molecule has 0 aliphatic heterocycles. The molecule has 45 heavy (non-hydrogen) atoms. The van der Waals surface area contributed by atoms with Crippen LogP contribution in [0.2, 0.25) is 0 Å². The number of benzene rings is 3. The van der Waals surface area contributed by atoms with Crippen LogP contribution in [0.15, 0.2) is 94.3 Å². The van der Waals surface area contributed by atoms with Crippen molar-refractivity contribution in [1.82, 2.24) is 0 Å². The number of nitrogens with zero attached hydrogens (tertiary/aromatic N) is 2. The summed E-state index contributed by atoms with van der Waals surface area (Å²) in [6, 6.07) is 14.4. The van der Waals surface area contributed by atoms with E-state index in [1.165, 1.54) is 31.2 Å². The van der Waals surface area contributed by atoms with Gasteiger partial charge in [0, 0.05) is 49.3 Å². The van der Waals surface area contributed by atoms with Crippen LogP contribution in [-0.2, 0) is 20.2 Å². The third-order valence-corrected chi connectivity index (χ3v) is 8.86. The summed E-state index contributed by atoms with van der Waals surface area (Å²) in [5.41, 5.74) is 4.64. The molecule has 0 amide bonds. The predicted octanol–water partition coefficient (Wildman–Crippen LogP) is 1.66. The minimum Gasteiger partial charge on any atom is -0.744 e. The molecule has 0 heterocycles. The van der Waals surface area contributed by atoms with Crippen LogP contribution in [0, 0.1) is 6.92 Å². The van der Waals surface area contributed by atoms with Crippen LogP contribution < -0.4 is 44.5 Å². The minimum atomic E-state index is -5.06. The molecule has 0 fully saturated rings. The van der Waals surface area contributed by atoms with Crippen molar-refractivity contribution < 1.29 is 64.8 Å². The molecule has 1 aliphatic rings. The fourth-order valence-corrected chi connectivity index (χ4v) is 6.14. The van der Waals surface area contributed by atoms with Gasteiger partial charge in [0.25, 0.3) is 0 Å². The Bertz CT molecular complexity index is 1920. The summed E-state index contributed by atoms with van der Waals surface area (Å²) < 4.78 is 81.3. The van der Waals surface area contributed by atoms with Gasteiger partial charge in [0.05, 0.1) is 22.1 Å². The molecule has 13 heteroatoms. The van der Waals surface area contributed by atoms with E-state index in [-0.39, 0.29) is 58.9 Å². The van der Waals surface area contributed by atoms with E-state index in [4.69, 9.17) is 4.74 Å². The minimum absolute atomic E-state index is 0. The fraction of sp³-hybridized carbons (Fsp3) is 0.219. The van der Waals surface area contributed by atoms with Crippen LogP contribution in [0.25, 0.3) is 5.57 Å². The Labute approximate surface area is 287 Å². The van der Waals surface area contributed by atoms with E-state index < -0.39 is 30.0 Å². The summed E-state index contributed by atoms with van der Waals surface area (Å²) in [7, 11) is -2.17. The van der Waals surface area contributed by atoms with Crippen LogP contribution >= 0.6 is 0 Å². The Morgan fingerprint density at radius 1 is 0.867 bits per heavy atom. The van der Waals surface area contributed by atoms with Crippen molar-refractivity contribution in [2.75, 3.05) is 45.0 Å². The van der Waals surface area contributed by atoms with Gasteiger partial charge in [0.15, 0.2) is 5.71 Å². The standard InChI is InChI=1S/C32H35N3O7S2.Na/c1-7-42-29-20-28(33-24-13-8-21(2)30(18-24)43(36,37)38)31(44(39,40)41)19-27(29)32(22-9-14-25(15-10-22)34(3)4)23-11-16-26(17-12-23)35(5)6;/h8-20H,7H2,1-6H3,(H2,36,37,38,39,40,41);/q;+1/p-1. The topological polar surface area (TPSA) is 142 Å². The SMILES string of the molecule is CCOc1cc(Nc2ccc(C)c(S(=O)(=O)[O-])c2)c(S(=O)(=O)[O-])cc1C(=C1C=CC(=[N+](C)C)C=C1)c1ccc(N(C)C)cc1.[Na+]. The van der Waals surface area contributed by atoms with E-state index in [2.05, 4.69) is 5.32 Å². The molecule has 0 unspecified atom stereocenters. The van der Waals surface area contributed by atoms with Gasteiger partial charge in [-0.25, -0.2) is 21.4 Å². The van der Waals surface area contributed by atoms with Gasteiger partial charge in [-0.1, -0.05) is 18.2 Å². The Balaban J connectivity index is 0.00000552. The first-order chi connectivity index (χ1) is 20.6. The largest absolute Gasteiger partial charge is 1.00 e. The zero-order valence-electron chi connectivity index (χ0n) is 26.3. The van der Waals surface area contributed by atoms with Crippen LogP contribution in [-0.4, -0.2) is 71.0 Å². The van der Waals surface area contributed by atoms with Gasteiger partial charge in [-0.05, 0) is 78.6 Å². The fourth-order valence-electron chi connectivity index (χ4n) is 4.77. The number of hydrogen-bond donors (Lipinski definition) is 1. The first-order valence-corrected chi connectivity index (χ1v) is 16.4. The molecule has 10 nitrogen and oxygen atoms in total. The average Bonchev–Trinajstić information content (AvgIpc) is 2.94. The van der Waals surface area contributed by atoms with Gasteiger partial charge < -0.3 is 24.1 Å². The second kappa shape index (κ2) is 14.5. The number of allylic oxidation sites excluding steroid dienone is 5. The van der Waals surface area contributed by atoms with E-state index >= 15 is 0 Å². The first kappa shape index (κ1) is 36.2. The van der Waals surface area contributed by atoms with Crippen LogP contribution in [0.5, 0.6) is 5.75 Å². The predicted molar refractivity (Wildman–Crippen MR) is 170 cm³/mol. The number of nitrogens with one attached hydrogen (secondary N) is 1. The molecule has 0 saturated carbocycles. The molecule has 3 aromatic carbocycles. The number of rotatable bonds is 9. The van der Waals surface area contributed by atoms with Gasteiger partial charge in [0.1, 0.15) is 40.1 Å². The summed E-state index contributed by atoms with van der Waals surface area (Å²) in [5.74, 6) is 0.287. The monoisotopic (exact) mass is 659 g/mol. The van der Waals surface area contributed by atoms with Crippen molar-refractivity contribution in [3.63, 3.8) is 0 Å². The van der Waals surface area contributed by atoms with Crippen molar-refractivity contribution in [2.45, 2.75) is 23.6 Å². The summed E-state index contributed by atoms with van der Waals surface area (Å²) in [6.07, 6.45) is 7.69. The Kier molecular flexibility index (Phi) is 11.6. The average molecular weight is 660 g/mol. The summed E-state index contributed by atoms with van der Waals surface area (Å²) >= 11 is 0. The second-order valence-corrected chi connectivity index (χ2v) is 13.2. The summed E-state index contributed by atoms with van der Waals surface area (Å²) in [5, 5.41) is 2.82. The van der Waals surface area contributed by atoms with E-state index in [1.807, 2.05) is 86.2 Å². The van der Waals surface area contributed by atoms with Crippen molar-refractivity contribution in [1.29, 1.82) is 0 Å². The maximum atomic E-state index is 12.7. The molecular formula is C32H34N3NaO7S2. The Morgan fingerprint density at radius 2 is 1.47 bits per heavy atom. The normalized spacial score (nSPS) is 12.9. The Morgan fingerprint density at radius 3 is 1.98 bits per heavy atom. The molecule has 0 spiro atoms. The smallest absolute Gasteiger partial charge is 0.744 e. The van der Waals surface area contributed by atoms with Gasteiger partial charge in [-0.2, -0.15) is 0 Å². The van der Waals surface area contributed by atoms with E-state index in [0.717, 1.165) is 28.6 Å². The Hall–Kier alpha value is -3.23. The van der Waals surface area contributed by atoms with Gasteiger partial charge in [-0.15, -0.1) is 0 Å². The molecule has 0 bridgehead atoms. The third-order valence-electron chi connectivity index (χ3n) is 7.00. The second-order valence-electron chi connectivity index (χ2n) is 10.5. The molecule has 0 aromatic heterocycles. The molecule has 3 aromatic rings. The number of hydrogen-bond acceptors (Lipinski definition) is 9. The zero-order chi connectivity index (χ0) is 32.4. The quantitative estimate of drug-likeness (QED) is 0.206. The van der Waals surface area contributed by atoms with Crippen molar-refractivity contribution >= 4 is 48.6 Å². The van der Waals surface area contributed by atoms with Crippen molar-refractivity contribution in [3.05, 3.63) is 101 Å². The summed E-state index contributed by atoms with van der Waals surface area (Å²) in [4.78, 5) is 0.919. The van der Waals surface area contributed by atoms with Gasteiger partial charge in [0.2, 0.25) is 0 Å². The van der Waals surface area contributed by atoms with E-state index in [1.54, 1.807) is 6.92 Å². The van der Waals surface area contributed by atoms with Crippen LogP contribution in [0.4, 0.5) is 17.1 Å². The molecule has 0 atom stereocenters. The molecule has 4 rings (SSSR count). The molecule has 1 N–H and O–H groups in total. The number of ether oxygens (including phenoxy) is 1. The molecule has 0 saturated heterocycles. The van der Waals surface area contributed by atoms with Crippen LogP contribution in [0.1, 0.15) is 23.6 Å². The maximum Gasteiger partial charge on any atom is 1.00 e. The first-order valence-electron chi connectivity index (χ1n) is 13.6. The molecule has 232 valence electrons. The van der Waals surface area contributed by atoms with Gasteiger partial charge in [-0.3, -0.25) is 0 Å². The molecule has 0 radical (unpaired) electrons. The third kappa shape index (κ3) is 8.53. The number of aryl methyl sites for hydroxylation is 1.